The van der Waals surface area contributed by atoms with Gasteiger partial charge in [-0.2, -0.15) is 26.3 Å². The summed E-state index contributed by atoms with van der Waals surface area (Å²) in [5.41, 5.74) is -1.61. The van der Waals surface area contributed by atoms with E-state index in [1.165, 1.54) is 71.7 Å². The van der Waals surface area contributed by atoms with Crippen LogP contribution >= 0.6 is 11.6 Å². The molecule has 3 aliphatic heterocycles. The van der Waals surface area contributed by atoms with Crippen LogP contribution in [0.1, 0.15) is 182 Å². The number of halogens is 7. The summed E-state index contributed by atoms with van der Waals surface area (Å²) in [7, 11) is 8.19. The van der Waals surface area contributed by atoms with Gasteiger partial charge in [0.25, 0.3) is 0 Å². The van der Waals surface area contributed by atoms with Crippen LogP contribution < -0.4 is 16.0 Å². The van der Waals surface area contributed by atoms with Crippen LogP contribution in [0.2, 0.25) is 0 Å². The van der Waals surface area contributed by atoms with Gasteiger partial charge in [-0.15, -0.1) is 11.6 Å². The van der Waals surface area contributed by atoms with Gasteiger partial charge in [-0.05, 0) is 146 Å². The van der Waals surface area contributed by atoms with Crippen LogP contribution in [0.3, 0.4) is 0 Å². The van der Waals surface area contributed by atoms with Crippen LogP contribution in [0.5, 0.6) is 0 Å². The summed E-state index contributed by atoms with van der Waals surface area (Å²) in [6.45, 7) is 7.17. The first-order chi connectivity index (χ1) is 49.3. The summed E-state index contributed by atoms with van der Waals surface area (Å²) in [5, 5.41) is 7.39. The first kappa shape index (κ1) is 85.7. The van der Waals surface area contributed by atoms with E-state index in [9.17, 15) is 50.3 Å². The molecule has 1 spiro atoms. The molecule has 12 amide bonds. The Morgan fingerprint density at radius 3 is 1.80 bits per heavy atom. The molecule has 7 fully saturated rings. The second kappa shape index (κ2) is 37.5. The quantitative estimate of drug-likeness (QED) is 0.147. The van der Waals surface area contributed by atoms with Crippen molar-refractivity contribution < 1.29 is 88.6 Å². The Hall–Kier alpha value is -6.53. The number of ether oxygens (including phenoxy) is 1. The third kappa shape index (κ3) is 21.7. The molecule has 0 aromatic carbocycles. The van der Waals surface area contributed by atoms with Crippen molar-refractivity contribution in [3.05, 3.63) is 0 Å². The van der Waals surface area contributed by atoms with Crippen molar-refractivity contribution in [3.8, 4) is 0 Å². The highest BCUT2D eigenvalue weighted by Gasteiger charge is 2.53. The van der Waals surface area contributed by atoms with Crippen LogP contribution in [-0.4, -0.2) is 282 Å². The van der Waals surface area contributed by atoms with Crippen LogP contribution in [0.15, 0.2) is 0 Å². The first-order valence-corrected chi connectivity index (χ1v) is 38.5. The van der Waals surface area contributed by atoms with Gasteiger partial charge in [0.15, 0.2) is 0 Å². The van der Waals surface area contributed by atoms with Crippen LogP contribution in [-0.2, 0) is 62.3 Å². The fourth-order valence-corrected chi connectivity index (χ4v) is 17.5. The third-order valence-electron chi connectivity index (χ3n) is 23.6. The molecule has 7 aliphatic rings. The Morgan fingerprint density at radius 2 is 1.22 bits per heavy atom. The number of nitrogens with zero attached hydrogens (tertiary/aromatic N) is 9. The van der Waals surface area contributed by atoms with Gasteiger partial charge >= 0.3 is 12.4 Å². The number of carbonyl (C=O) groups is 12. The maximum atomic E-state index is 15.7. The lowest BCUT2D eigenvalue weighted by molar-refractivity contribution is -0.184. The number of hydrogen-bond donors (Lipinski definition) is 3. The molecule has 25 nitrogen and oxygen atoms in total. The molecule has 0 radical (unpaired) electrons. The molecule has 3 saturated heterocycles. The number of rotatable bonds is 12. The van der Waals surface area contributed by atoms with Crippen molar-refractivity contribution >= 4 is 82.5 Å². The summed E-state index contributed by atoms with van der Waals surface area (Å²) in [6.07, 6.45) is -5.93. The van der Waals surface area contributed by atoms with Crippen LogP contribution in [0.25, 0.3) is 0 Å². The third-order valence-corrected chi connectivity index (χ3v) is 24.1. The SMILES string of the molecule is CC[C@H](C)[C@@H]1NC(=O)[C@H](CC(C)C)N(C)C(=O)C[C@@H](C(=O)N2CCOCC2)N(C)C(=O)[C@H](C2CCCC2)N(C)C(=O)C2(CCCC2)NC(=O)[C@@H]2CCCN2C(=O)[C@H](CCC2CCC(C(F)(F)F)C(Cl)C2)NC(=O)CN(C)C(=O)[C@H](CC2CCC(C(F)(F)F)CC2)N(CC)C(=O)CN(C)C(=O)CN(C)C1=O. The predicted octanol–water partition coefficient (Wildman–Crippen LogP) is 6.12. The largest absolute Gasteiger partial charge is 0.393 e. The molecule has 3 unspecified atom stereocenters. The first-order valence-electron chi connectivity index (χ1n) is 38.0. The van der Waals surface area contributed by atoms with E-state index in [1.54, 1.807) is 20.8 Å². The molecule has 3 N–H and O–H groups in total. The van der Waals surface area contributed by atoms with Gasteiger partial charge in [-0.3, -0.25) is 57.5 Å². The zero-order valence-corrected chi connectivity index (χ0v) is 64.0. The fourth-order valence-electron chi connectivity index (χ4n) is 16.9. The number of hydrogen-bond acceptors (Lipinski definition) is 13. The zero-order chi connectivity index (χ0) is 77.7. The minimum atomic E-state index is -4.55. The van der Waals surface area contributed by atoms with Gasteiger partial charge in [0.2, 0.25) is 70.9 Å². The van der Waals surface area contributed by atoms with Crippen LogP contribution in [0, 0.1) is 41.4 Å². The Morgan fingerprint density at radius 1 is 0.610 bits per heavy atom. The summed E-state index contributed by atoms with van der Waals surface area (Å²) in [5.74, 6) is -14.1. The van der Waals surface area contributed by atoms with Crippen molar-refractivity contribution in [2.75, 3.05) is 101 Å². The molecule has 4 saturated carbocycles. The van der Waals surface area contributed by atoms with E-state index in [1.807, 2.05) is 13.8 Å². The molecule has 32 heteroatoms. The highest BCUT2D eigenvalue weighted by Crippen LogP contribution is 2.45. The standard InChI is InChI=1S/C73H115ClF6N12O13/c1-12-45(5)61-68(102)86(8)42-59(95)84(6)43-60(96)91(13-2)56(39-47-22-26-49(27-23-47)72(75,76)77)66(100)85(7)41-57(93)81-52(29-25-46-24-28-50(51(74)38-46)73(78,79)80)65(99)92-32-18-21-53(92)64(98)83-71(30-16-17-31-71)70(104)89(11)62(48-19-14-15-20-48)69(103)88(10)55(67(101)90-33-35-105-36-34-90)40-58(94)87(9)54(37-44(3)4)63(97)82-61/h44-56,61-62H,12-43H2,1-11H3,(H,81,93)(H,82,97)(H,83,98)/t45-,46?,47?,49?,50?,51?,52-,53-,54-,55-,56-,61-,62-/m0/s1. The predicted molar refractivity (Wildman–Crippen MR) is 376 cm³/mol. The normalized spacial score (nSPS) is 30.5. The van der Waals surface area contributed by atoms with E-state index in [4.69, 9.17) is 16.3 Å². The second-order valence-corrected chi connectivity index (χ2v) is 31.9. The van der Waals surface area contributed by atoms with E-state index in [2.05, 4.69) is 16.0 Å². The fraction of sp³-hybridized carbons (Fsp3) is 0.836. The Kier molecular flexibility index (Phi) is 30.6. The summed E-state index contributed by atoms with van der Waals surface area (Å²) in [6, 6.07) is -9.28. The molecule has 7 rings (SSSR count). The molecular formula is C73H115ClF6N12O13. The Bertz CT molecular complexity index is 3070. The van der Waals surface area contributed by atoms with Crippen LogP contribution in [0.4, 0.5) is 26.3 Å². The van der Waals surface area contributed by atoms with E-state index < -0.39 is 198 Å². The Labute approximate surface area is 619 Å². The van der Waals surface area contributed by atoms with Gasteiger partial charge in [-0.1, -0.05) is 59.8 Å². The molecule has 0 aromatic rings. The van der Waals surface area contributed by atoms with Crippen molar-refractivity contribution in [2.24, 2.45) is 41.4 Å². The molecule has 0 bridgehead atoms. The van der Waals surface area contributed by atoms with Gasteiger partial charge in [0, 0.05) is 73.8 Å². The average molecular weight is 1520 g/mol. The van der Waals surface area contributed by atoms with Crippen molar-refractivity contribution in [2.45, 2.75) is 248 Å². The monoisotopic (exact) mass is 1520 g/mol. The number of nitrogens with one attached hydrogen (secondary N) is 3. The summed E-state index contributed by atoms with van der Waals surface area (Å²) >= 11 is 6.39. The lowest BCUT2D eigenvalue weighted by Gasteiger charge is -2.42. The lowest BCUT2D eigenvalue weighted by Crippen LogP contribution is -2.65. The van der Waals surface area contributed by atoms with Crippen molar-refractivity contribution in [3.63, 3.8) is 0 Å². The van der Waals surface area contributed by atoms with Crippen molar-refractivity contribution in [1.82, 2.24) is 60.0 Å². The van der Waals surface area contributed by atoms with Gasteiger partial charge in [0.05, 0.1) is 51.1 Å². The molecule has 0 aromatic heterocycles. The maximum Gasteiger partial charge on any atom is 0.393 e. The highest BCUT2D eigenvalue weighted by molar-refractivity contribution is 6.21. The summed E-state index contributed by atoms with van der Waals surface area (Å²) in [4.78, 5) is 191. The number of morpholine rings is 1. The molecule has 594 valence electrons. The van der Waals surface area contributed by atoms with E-state index in [-0.39, 0.29) is 135 Å². The van der Waals surface area contributed by atoms with Crippen molar-refractivity contribution in [1.29, 1.82) is 0 Å². The number of fused-ring (bicyclic) bond motifs is 1. The summed E-state index contributed by atoms with van der Waals surface area (Å²) < 4.78 is 89.7. The second-order valence-electron chi connectivity index (χ2n) is 31.4. The van der Waals surface area contributed by atoms with Gasteiger partial charge < -0.3 is 64.8 Å². The molecule has 105 heavy (non-hydrogen) atoms. The molecule has 4 aliphatic carbocycles. The molecular weight excluding hydrogens is 1400 g/mol. The maximum absolute atomic E-state index is 15.7. The van der Waals surface area contributed by atoms with Gasteiger partial charge in [0.1, 0.15) is 47.8 Å². The highest BCUT2D eigenvalue weighted by atomic mass is 35.5. The topological polar surface area (TPSA) is 279 Å². The minimum Gasteiger partial charge on any atom is -0.378 e. The lowest BCUT2D eigenvalue weighted by atomic mass is 9.78. The Balaban J connectivity index is 1.29. The van der Waals surface area contributed by atoms with E-state index >= 15 is 33.6 Å². The number of amides is 12. The molecule has 11 atom stereocenters. The van der Waals surface area contributed by atoms with Gasteiger partial charge in [-0.25, -0.2) is 0 Å². The minimum absolute atomic E-state index is 0.00351. The van der Waals surface area contributed by atoms with E-state index in [0.29, 0.717) is 51.4 Å². The average Bonchev–Trinajstić information content (AvgIpc) is 1.68. The smallest absolute Gasteiger partial charge is 0.378 e. The van der Waals surface area contributed by atoms with E-state index in [0.717, 1.165) is 14.7 Å². The zero-order valence-electron chi connectivity index (χ0n) is 63.3. The number of likely N-dealkylation sites (N-methyl/N-ethyl adjacent to an activating group) is 7. The molecule has 3 heterocycles. The number of alkyl halides is 7. The number of carbonyl (C=O) groups excluding carboxylic acids is 12.